The van der Waals surface area contributed by atoms with Crippen LogP contribution in [-0.2, 0) is 6.54 Å². The number of rotatable bonds is 6. The van der Waals surface area contributed by atoms with Gasteiger partial charge in [0.15, 0.2) is 0 Å². The molecule has 0 aliphatic rings. The fraction of sp³-hybridized carbons (Fsp3) is 0.231. The molecular formula is C13H16N2O2. The summed E-state index contributed by atoms with van der Waals surface area (Å²) in [5, 5.41) is 3.15. The third-order valence-corrected chi connectivity index (χ3v) is 2.22. The van der Waals surface area contributed by atoms with Crippen molar-refractivity contribution in [3.63, 3.8) is 0 Å². The lowest BCUT2D eigenvalue weighted by Gasteiger charge is -2.01. The number of nitrogens with one attached hydrogen (secondary N) is 1. The normalized spacial score (nSPS) is 10.4. The largest absolute Gasteiger partial charge is 0.429 e. The van der Waals surface area contributed by atoms with Crippen molar-refractivity contribution >= 4 is 0 Å². The van der Waals surface area contributed by atoms with Crippen LogP contribution in [0.5, 0.6) is 11.7 Å². The number of nitrogens with two attached hydrogens (primary N) is 1. The quantitative estimate of drug-likeness (QED) is 0.749. The fourth-order valence-corrected chi connectivity index (χ4v) is 1.43. The second kappa shape index (κ2) is 6.08. The van der Waals surface area contributed by atoms with Gasteiger partial charge in [-0.1, -0.05) is 18.2 Å². The van der Waals surface area contributed by atoms with E-state index >= 15 is 0 Å². The summed E-state index contributed by atoms with van der Waals surface area (Å²) in [6, 6.07) is 13.2. The van der Waals surface area contributed by atoms with Gasteiger partial charge in [0.25, 0.3) is 5.95 Å². The molecule has 1 aromatic heterocycles. The molecule has 0 saturated carbocycles. The number of furan rings is 1. The first-order chi connectivity index (χ1) is 8.38. The van der Waals surface area contributed by atoms with Gasteiger partial charge < -0.3 is 20.2 Å². The Bertz CT molecular complexity index is 440. The summed E-state index contributed by atoms with van der Waals surface area (Å²) < 4.78 is 11.1. The molecule has 0 bridgehead atoms. The lowest BCUT2D eigenvalue weighted by atomic mass is 10.3. The summed E-state index contributed by atoms with van der Waals surface area (Å²) >= 11 is 0. The van der Waals surface area contributed by atoms with E-state index < -0.39 is 0 Å². The second-order valence-corrected chi connectivity index (χ2v) is 3.60. The van der Waals surface area contributed by atoms with E-state index in [-0.39, 0.29) is 0 Å². The van der Waals surface area contributed by atoms with Crippen LogP contribution in [0.1, 0.15) is 5.76 Å². The van der Waals surface area contributed by atoms with E-state index in [0.717, 1.165) is 18.1 Å². The van der Waals surface area contributed by atoms with Gasteiger partial charge in [0.2, 0.25) is 0 Å². The van der Waals surface area contributed by atoms with Crippen molar-refractivity contribution in [1.29, 1.82) is 0 Å². The highest BCUT2D eigenvalue weighted by Gasteiger charge is 2.03. The molecule has 0 spiro atoms. The standard InChI is InChI=1S/C13H16N2O2/c14-8-9-15-10-12-6-7-13(17-12)16-11-4-2-1-3-5-11/h1-7,15H,8-10,14H2. The number of ether oxygens (including phenoxy) is 1. The van der Waals surface area contributed by atoms with E-state index in [4.69, 9.17) is 14.9 Å². The van der Waals surface area contributed by atoms with Crippen LogP contribution in [0.25, 0.3) is 0 Å². The maximum atomic E-state index is 5.55. The molecule has 3 N–H and O–H groups in total. The van der Waals surface area contributed by atoms with Crippen molar-refractivity contribution in [2.24, 2.45) is 5.73 Å². The van der Waals surface area contributed by atoms with Gasteiger partial charge in [0.1, 0.15) is 11.5 Å². The molecule has 0 atom stereocenters. The molecule has 4 heteroatoms. The van der Waals surface area contributed by atoms with Crippen LogP contribution in [0.3, 0.4) is 0 Å². The highest BCUT2D eigenvalue weighted by Crippen LogP contribution is 2.23. The van der Waals surface area contributed by atoms with E-state index in [9.17, 15) is 0 Å². The third-order valence-electron chi connectivity index (χ3n) is 2.22. The average molecular weight is 232 g/mol. The van der Waals surface area contributed by atoms with Gasteiger partial charge in [0.05, 0.1) is 6.54 Å². The predicted octanol–water partition coefficient (Wildman–Crippen LogP) is 2.12. The molecule has 0 aliphatic heterocycles. The van der Waals surface area contributed by atoms with E-state index in [1.165, 1.54) is 0 Å². The fourth-order valence-electron chi connectivity index (χ4n) is 1.43. The van der Waals surface area contributed by atoms with Crippen molar-refractivity contribution < 1.29 is 9.15 Å². The minimum Gasteiger partial charge on any atom is -0.429 e. The average Bonchev–Trinajstić information content (AvgIpc) is 2.79. The zero-order valence-electron chi connectivity index (χ0n) is 9.56. The highest BCUT2D eigenvalue weighted by atomic mass is 16.6. The molecule has 2 aromatic rings. The van der Waals surface area contributed by atoms with Crippen molar-refractivity contribution in [2.45, 2.75) is 6.54 Å². The Labute approximate surface area is 100 Å². The van der Waals surface area contributed by atoms with E-state index in [0.29, 0.717) is 19.0 Å². The first kappa shape index (κ1) is 11.7. The smallest absolute Gasteiger partial charge is 0.290 e. The molecule has 0 aliphatic carbocycles. The number of benzene rings is 1. The van der Waals surface area contributed by atoms with Crippen molar-refractivity contribution in [2.75, 3.05) is 13.1 Å². The van der Waals surface area contributed by atoms with Crippen LogP contribution in [0.2, 0.25) is 0 Å². The molecular weight excluding hydrogens is 216 g/mol. The summed E-state index contributed by atoms with van der Waals surface area (Å²) in [7, 11) is 0. The van der Waals surface area contributed by atoms with E-state index in [2.05, 4.69) is 5.32 Å². The predicted molar refractivity (Wildman–Crippen MR) is 66.0 cm³/mol. The monoisotopic (exact) mass is 232 g/mol. The maximum absolute atomic E-state index is 5.55. The van der Waals surface area contributed by atoms with Crippen molar-refractivity contribution in [3.05, 3.63) is 48.2 Å². The summed E-state index contributed by atoms with van der Waals surface area (Å²) in [4.78, 5) is 0. The third kappa shape index (κ3) is 3.62. The summed E-state index contributed by atoms with van der Waals surface area (Å²) in [6.07, 6.45) is 0. The van der Waals surface area contributed by atoms with Gasteiger partial charge >= 0.3 is 0 Å². The van der Waals surface area contributed by atoms with Crippen molar-refractivity contribution in [3.8, 4) is 11.7 Å². The Morgan fingerprint density at radius 2 is 1.94 bits per heavy atom. The summed E-state index contributed by atoms with van der Waals surface area (Å²) in [5.41, 5.74) is 5.38. The van der Waals surface area contributed by atoms with E-state index in [1.807, 2.05) is 42.5 Å². The molecule has 2 rings (SSSR count). The van der Waals surface area contributed by atoms with Crippen LogP contribution < -0.4 is 15.8 Å². The van der Waals surface area contributed by atoms with Crippen molar-refractivity contribution in [1.82, 2.24) is 5.32 Å². The highest BCUT2D eigenvalue weighted by molar-refractivity contribution is 5.26. The number of para-hydroxylation sites is 1. The second-order valence-electron chi connectivity index (χ2n) is 3.60. The lowest BCUT2D eigenvalue weighted by molar-refractivity contribution is 0.328. The lowest BCUT2D eigenvalue weighted by Crippen LogP contribution is -2.21. The van der Waals surface area contributed by atoms with Crippen LogP contribution in [0, 0.1) is 0 Å². The first-order valence-electron chi connectivity index (χ1n) is 5.61. The van der Waals surface area contributed by atoms with Crippen LogP contribution in [-0.4, -0.2) is 13.1 Å². The Balaban J connectivity index is 1.90. The Morgan fingerprint density at radius 1 is 1.12 bits per heavy atom. The zero-order valence-corrected chi connectivity index (χ0v) is 9.56. The summed E-state index contributed by atoms with van der Waals surface area (Å²) in [6.45, 7) is 2.05. The summed E-state index contributed by atoms with van der Waals surface area (Å²) in [5.74, 6) is 2.11. The van der Waals surface area contributed by atoms with Gasteiger partial charge in [-0.05, 0) is 18.2 Å². The van der Waals surface area contributed by atoms with Crippen LogP contribution in [0.4, 0.5) is 0 Å². The van der Waals surface area contributed by atoms with E-state index in [1.54, 1.807) is 0 Å². The topological polar surface area (TPSA) is 60.4 Å². The molecule has 0 saturated heterocycles. The molecule has 1 aromatic carbocycles. The Hall–Kier alpha value is -1.78. The zero-order chi connectivity index (χ0) is 11.9. The molecule has 17 heavy (non-hydrogen) atoms. The Kier molecular flexibility index (Phi) is 4.18. The molecule has 0 radical (unpaired) electrons. The molecule has 0 fully saturated rings. The Morgan fingerprint density at radius 3 is 2.71 bits per heavy atom. The number of hydrogen-bond acceptors (Lipinski definition) is 4. The van der Waals surface area contributed by atoms with Crippen LogP contribution >= 0.6 is 0 Å². The van der Waals surface area contributed by atoms with Crippen LogP contribution in [0.15, 0.2) is 46.9 Å². The number of hydrogen-bond donors (Lipinski definition) is 2. The molecule has 1 heterocycles. The van der Waals surface area contributed by atoms with Gasteiger partial charge in [-0.2, -0.15) is 0 Å². The molecule has 0 amide bonds. The van der Waals surface area contributed by atoms with Gasteiger partial charge in [-0.3, -0.25) is 0 Å². The first-order valence-corrected chi connectivity index (χ1v) is 5.61. The molecule has 0 unspecified atom stereocenters. The van der Waals surface area contributed by atoms with Gasteiger partial charge in [-0.15, -0.1) is 0 Å². The SMILES string of the molecule is NCCNCc1ccc(Oc2ccccc2)o1. The molecule has 90 valence electrons. The maximum Gasteiger partial charge on any atom is 0.290 e. The van der Waals surface area contributed by atoms with Gasteiger partial charge in [-0.25, -0.2) is 0 Å². The minimum atomic E-state index is 0.501. The molecule has 4 nitrogen and oxygen atoms in total. The van der Waals surface area contributed by atoms with Gasteiger partial charge in [0, 0.05) is 19.2 Å². The minimum absolute atomic E-state index is 0.501.